The van der Waals surface area contributed by atoms with Gasteiger partial charge in [0.05, 0.1) is 11.5 Å². The Morgan fingerprint density at radius 2 is 2.20 bits per heavy atom. The van der Waals surface area contributed by atoms with Crippen LogP contribution in [-0.4, -0.2) is 23.0 Å². The lowest BCUT2D eigenvalue weighted by molar-refractivity contribution is -0.255. The Balaban J connectivity index is 2.69. The predicted molar refractivity (Wildman–Crippen MR) is 53.4 cm³/mol. The summed E-state index contributed by atoms with van der Waals surface area (Å²) in [5.41, 5.74) is 0.694. The number of carboxylic acids is 1. The first-order valence-corrected chi connectivity index (χ1v) is 4.36. The van der Waals surface area contributed by atoms with E-state index in [4.69, 9.17) is 0 Å². The van der Waals surface area contributed by atoms with Gasteiger partial charge in [-0.3, -0.25) is 0 Å². The molecule has 76 valence electrons. The highest BCUT2D eigenvalue weighted by atomic mass is 16.4. The van der Waals surface area contributed by atoms with Crippen LogP contribution in [0.15, 0.2) is 24.5 Å². The van der Waals surface area contributed by atoms with E-state index in [1.807, 2.05) is 0 Å². The standard InChI is InChI=1S/C10H9N3O2/c1-11-9-7-3-2-6(10(14)15)4-8(7)12-5-13-9/h2-5H,1H3,(H,14,15)(H,11,12,13)/p-1. The quantitative estimate of drug-likeness (QED) is 0.743. The lowest BCUT2D eigenvalue weighted by Crippen LogP contribution is -2.22. The third-order valence-electron chi connectivity index (χ3n) is 2.11. The Kier molecular flexibility index (Phi) is 2.21. The first-order valence-electron chi connectivity index (χ1n) is 4.36. The van der Waals surface area contributed by atoms with E-state index in [-0.39, 0.29) is 5.56 Å². The molecule has 5 nitrogen and oxygen atoms in total. The molecular formula is C10H8N3O2-. The molecule has 0 saturated heterocycles. The fourth-order valence-electron chi connectivity index (χ4n) is 1.38. The number of fused-ring (bicyclic) bond motifs is 1. The molecule has 0 saturated carbocycles. The van der Waals surface area contributed by atoms with Crippen molar-refractivity contribution in [1.29, 1.82) is 0 Å². The van der Waals surface area contributed by atoms with Crippen molar-refractivity contribution in [3.63, 3.8) is 0 Å². The molecule has 2 rings (SSSR count). The molecule has 1 heterocycles. The van der Waals surface area contributed by atoms with E-state index in [0.717, 1.165) is 5.39 Å². The molecule has 0 radical (unpaired) electrons. The van der Waals surface area contributed by atoms with Crippen LogP contribution in [0.25, 0.3) is 10.9 Å². The molecule has 0 amide bonds. The first kappa shape index (κ1) is 9.39. The monoisotopic (exact) mass is 202 g/mol. The fourth-order valence-corrected chi connectivity index (χ4v) is 1.38. The number of nitrogens with zero attached hydrogens (tertiary/aromatic N) is 2. The summed E-state index contributed by atoms with van der Waals surface area (Å²) in [7, 11) is 1.74. The molecular weight excluding hydrogens is 194 g/mol. The Hall–Kier alpha value is -2.17. The normalized spacial score (nSPS) is 10.2. The van der Waals surface area contributed by atoms with Crippen LogP contribution >= 0.6 is 0 Å². The van der Waals surface area contributed by atoms with Crippen LogP contribution in [-0.2, 0) is 0 Å². The number of anilines is 1. The molecule has 0 aliphatic rings. The average Bonchev–Trinajstić information content (AvgIpc) is 2.27. The molecule has 1 N–H and O–H groups in total. The van der Waals surface area contributed by atoms with Crippen molar-refractivity contribution in [1.82, 2.24) is 9.97 Å². The highest BCUT2D eigenvalue weighted by molar-refractivity contribution is 5.95. The fraction of sp³-hybridized carbons (Fsp3) is 0.100. The summed E-state index contributed by atoms with van der Waals surface area (Å²) in [4.78, 5) is 18.6. The van der Waals surface area contributed by atoms with Gasteiger partial charge in [0.25, 0.3) is 0 Å². The topological polar surface area (TPSA) is 77.9 Å². The molecule has 15 heavy (non-hydrogen) atoms. The van der Waals surface area contributed by atoms with Crippen LogP contribution in [0.4, 0.5) is 5.82 Å². The van der Waals surface area contributed by atoms with E-state index in [0.29, 0.717) is 11.3 Å². The van der Waals surface area contributed by atoms with Crippen molar-refractivity contribution in [2.75, 3.05) is 12.4 Å². The van der Waals surface area contributed by atoms with Crippen molar-refractivity contribution in [2.24, 2.45) is 0 Å². The maximum Gasteiger partial charge on any atom is 0.137 e. The van der Waals surface area contributed by atoms with E-state index in [1.165, 1.54) is 18.5 Å². The smallest absolute Gasteiger partial charge is 0.137 e. The molecule has 0 fully saturated rings. The Labute approximate surface area is 85.8 Å². The van der Waals surface area contributed by atoms with Crippen molar-refractivity contribution in [3.8, 4) is 0 Å². The Morgan fingerprint density at radius 1 is 1.40 bits per heavy atom. The van der Waals surface area contributed by atoms with Gasteiger partial charge in [-0.1, -0.05) is 6.07 Å². The number of hydrogen-bond acceptors (Lipinski definition) is 5. The van der Waals surface area contributed by atoms with Gasteiger partial charge < -0.3 is 15.2 Å². The minimum absolute atomic E-state index is 0.114. The number of aromatic carboxylic acids is 1. The molecule has 1 aromatic carbocycles. The molecule has 0 aliphatic carbocycles. The van der Waals surface area contributed by atoms with Gasteiger partial charge in [-0.25, -0.2) is 9.97 Å². The second kappa shape index (κ2) is 3.53. The zero-order valence-corrected chi connectivity index (χ0v) is 8.02. The van der Waals surface area contributed by atoms with E-state index in [2.05, 4.69) is 15.3 Å². The Morgan fingerprint density at radius 3 is 2.87 bits per heavy atom. The number of rotatable bonds is 2. The molecule has 5 heteroatoms. The van der Waals surface area contributed by atoms with Crippen LogP contribution in [0.1, 0.15) is 10.4 Å². The maximum atomic E-state index is 10.6. The molecule has 0 atom stereocenters. The van der Waals surface area contributed by atoms with Crippen molar-refractivity contribution in [3.05, 3.63) is 30.1 Å². The highest BCUT2D eigenvalue weighted by Gasteiger charge is 2.02. The zero-order valence-electron chi connectivity index (χ0n) is 8.02. The molecule has 0 bridgehead atoms. The van der Waals surface area contributed by atoms with Gasteiger partial charge in [-0.2, -0.15) is 0 Å². The summed E-state index contributed by atoms with van der Waals surface area (Å²) in [5, 5.41) is 14.3. The number of aromatic nitrogens is 2. The van der Waals surface area contributed by atoms with Gasteiger partial charge in [0.1, 0.15) is 12.1 Å². The van der Waals surface area contributed by atoms with Crippen LogP contribution < -0.4 is 10.4 Å². The molecule has 1 aromatic heterocycles. The number of hydrogen-bond donors (Lipinski definition) is 1. The minimum atomic E-state index is -1.21. The van der Waals surface area contributed by atoms with Crippen molar-refractivity contribution in [2.45, 2.75) is 0 Å². The van der Waals surface area contributed by atoms with Gasteiger partial charge in [-0.15, -0.1) is 0 Å². The van der Waals surface area contributed by atoms with E-state index in [9.17, 15) is 9.90 Å². The average molecular weight is 202 g/mol. The van der Waals surface area contributed by atoms with Gasteiger partial charge in [0.15, 0.2) is 0 Å². The highest BCUT2D eigenvalue weighted by Crippen LogP contribution is 2.19. The maximum absolute atomic E-state index is 10.6. The first-order chi connectivity index (χ1) is 7.22. The molecule has 0 aliphatic heterocycles. The second-order valence-electron chi connectivity index (χ2n) is 2.99. The van der Waals surface area contributed by atoms with Crippen LogP contribution in [0.5, 0.6) is 0 Å². The number of carbonyl (C=O) groups is 1. The second-order valence-corrected chi connectivity index (χ2v) is 2.99. The Bertz CT molecular complexity index is 525. The lowest BCUT2D eigenvalue weighted by atomic mass is 10.1. The van der Waals surface area contributed by atoms with Crippen molar-refractivity contribution >= 4 is 22.7 Å². The van der Waals surface area contributed by atoms with Crippen molar-refractivity contribution < 1.29 is 9.90 Å². The van der Waals surface area contributed by atoms with Gasteiger partial charge in [-0.05, 0) is 17.7 Å². The summed E-state index contributed by atoms with van der Waals surface area (Å²) in [5.74, 6) is -0.536. The molecule has 0 spiro atoms. The molecule has 0 unspecified atom stereocenters. The van der Waals surface area contributed by atoms with Gasteiger partial charge in [0.2, 0.25) is 0 Å². The van der Waals surface area contributed by atoms with Gasteiger partial charge >= 0.3 is 0 Å². The number of benzene rings is 1. The summed E-state index contributed by atoms with van der Waals surface area (Å²) in [6.07, 6.45) is 1.38. The number of carboxylic acid groups (broad SMARTS) is 1. The SMILES string of the molecule is CNc1ncnc2cc(C(=O)[O-])ccc12. The summed E-state index contributed by atoms with van der Waals surface area (Å²) in [6.45, 7) is 0. The van der Waals surface area contributed by atoms with Gasteiger partial charge in [0, 0.05) is 12.4 Å². The summed E-state index contributed by atoms with van der Waals surface area (Å²) < 4.78 is 0. The number of carbonyl (C=O) groups excluding carboxylic acids is 1. The summed E-state index contributed by atoms with van der Waals surface area (Å²) >= 11 is 0. The number of nitrogens with one attached hydrogen (secondary N) is 1. The van der Waals surface area contributed by atoms with Crippen LogP contribution in [0, 0.1) is 0 Å². The third kappa shape index (κ3) is 1.59. The van der Waals surface area contributed by atoms with E-state index >= 15 is 0 Å². The summed E-state index contributed by atoms with van der Waals surface area (Å²) in [6, 6.07) is 4.60. The van der Waals surface area contributed by atoms with E-state index in [1.54, 1.807) is 13.1 Å². The van der Waals surface area contributed by atoms with Crippen LogP contribution in [0.2, 0.25) is 0 Å². The zero-order chi connectivity index (χ0) is 10.8. The van der Waals surface area contributed by atoms with E-state index < -0.39 is 5.97 Å². The van der Waals surface area contributed by atoms with Crippen LogP contribution in [0.3, 0.4) is 0 Å². The third-order valence-corrected chi connectivity index (χ3v) is 2.11. The predicted octanol–water partition coefficient (Wildman–Crippen LogP) is 0.0350. The molecule has 2 aromatic rings. The lowest BCUT2D eigenvalue weighted by Gasteiger charge is -2.06. The minimum Gasteiger partial charge on any atom is -0.545 e. The largest absolute Gasteiger partial charge is 0.545 e.